The fourth-order valence-electron chi connectivity index (χ4n) is 3.20. The summed E-state index contributed by atoms with van der Waals surface area (Å²) in [6.45, 7) is 0.730. The normalized spacial score (nSPS) is 17.6. The van der Waals surface area contributed by atoms with Gasteiger partial charge in [0.15, 0.2) is 5.65 Å². The number of benzene rings is 1. The Morgan fingerprint density at radius 1 is 1.30 bits per heavy atom. The quantitative estimate of drug-likeness (QED) is 0.747. The zero-order chi connectivity index (χ0) is 13.5. The number of fused-ring (bicyclic) bond motifs is 2. The maximum absolute atomic E-state index is 5.89. The maximum Gasteiger partial charge on any atom is 0.155 e. The molecular weight excluding hydrogens is 248 g/mol. The third kappa shape index (κ3) is 1.65. The largest absolute Gasteiger partial charge is 0.330 e. The predicted octanol–water partition coefficient (Wildman–Crippen LogP) is 2.61. The van der Waals surface area contributed by atoms with Gasteiger partial charge < -0.3 is 5.73 Å². The van der Waals surface area contributed by atoms with Crippen LogP contribution < -0.4 is 5.73 Å². The average molecular weight is 264 g/mol. The second-order valence-corrected chi connectivity index (χ2v) is 5.38. The number of aryl methyl sites for hydroxylation is 1. The molecule has 0 bridgehead atoms. The van der Waals surface area contributed by atoms with Crippen LogP contribution in [0.4, 0.5) is 0 Å². The van der Waals surface area contributed by atoms with E-state index in [0.717, 1.165) is 24.0 Å². The molecule has 0 saturated heterocycles. The summed E-state index contributed by atoms with van der Waals surface area (Å²) in [6, 6.07) is 8.78. The number of hydrogen-bond acceptors (Lipinski definition) is 3. The Morgan fingerprint density at radius 2 is 2.25 bits per heavy atom. The van der Waals surface area contributed by atoms with Crippen molar-refractivity contribution >= 4 is 11.0 Å². The Balaban J connectivity index is 1.89. The van der Waals surface area contributed by atoms with Crippen molar-refractivity contribution in [1.82, 2.24) is 15.2 Å². The molecule has 2 aromatic heterocycles. The monoisotopic (exact) mass is 264 g/mol. The van der Waals surface area contributed by atoms with Crippen LogP contribution in [0.2, 0.25) is 0 Å². The number of rotatable bonds is 2. The highest BCUT2D eigenvalue weighted by Crippen LogP contribution is 2.36. The molecule has 0 amide bonds. The lowest BCUT2D eigenvalue weighted by Gasteiger charge is -2.11. The van der Waals surface area contributed by atoms with Gasteiger partial charge in [0.05, 0.1) is 6.20 Å². The molecule has 2 heterocycles. The van der Waals surface area contributed by atoms with E-state index in [2.05, 4.69) is 33.4 Å². The van der Waals surface area contributed by atoms with E-state index in [1.165, 1.54) is 28.7 Å². The molecule has 1 unspecified atom stereocenters. The number of aromatic amines is 1. The molecule has 4 heteroatoms. The minimum Gasteiger partial charge on any atom is -0.330 e. The van der Waals surface area contributed by atoms with E-state index in [0.29, 0.717) is 5.92 Å². The Kier molecular flexibility index (Phi) is 2.57. The first-order chi connectivity index (χ1) is 9.86. The van der Waals surface area contributed by atoms with Crippen molar-refractivity contribution < 1.29 is 0 Å². The summed E-state index contributed by atoms with van der Waals surface area (Å²) >= 11 is 0. The number of H-pyrrole nitrogens is 1. The number of hydrogen-bond donors (Lipinski definition) is 2. The van der Waals surface area contributed by atoms with Crippen LogP contribution in [0.1, 0.15) is 23.5 Å². The molecule has 100 valence electrons. The lowest BCUT2D eigenvalue weighted by atomic mass is 9.95. The number of nitrogens with zero attached hydrogens (tertiary/aromatic N) is 2. The fraction of sp³-hybridized carbons (Fsp3) is 0.250. The van der Waals surface area contributed by atoms with Gasteiger partial charge in [0.1, 0.15) is 0 Å². The number of nitrogens with two attached hydrogens (primary N) is 1. The van der Waals surface area contributed by atoms with E-state index in [1.807, 2.05) is 18.5 Å². The highest BCUT2D eigenvalue weighted by Gasteiger charge is 2.21. The van der Waals surface area contributed by atoms with Crippen molar-refractivity contribution in [2.45, 2.75) is 18.8 Å². The van der Waals surface area contributed by atoms with Crippen LogP contribution in [0.5, 0.6) is 0 Å². The third-order valence-corrected chi connectivity index (χ3v) is 4.30. The number of nitrogens with one attached hydrogen (secondary N) is 1. The molecule has 0 aliphatic heterocycles. The van der Waals surface area contributed by atoms with Gasteiger partial charge in [0.25, 0.3) is 0 Å². The first-order valence-electron chi connectivity index (χ1n) is 6.98. The molecule has 3 N–H and O–H groups in total. The predicted molar refractivity (Wildman–Crippen MR) is 79.4 cm³/mol. The summed E-state index contributed by atoms with van der Waals surface area (Å²) in [4.78, 5) is 4.29. The van der Waals surface area contributed by atoms with Gasteiger partial charge in [-0.2, -0.15) is 5.10 Å². The summed E-state index contributed by atoms with van der Waals surface area (Å²) in [7, 11) is 0. The number of aromatic nitrogens is 3. The summed E-state index contributed by atoms with van der Waals surface area (Å²) < 4.78 is 0. The summed E-state index contributed by atoms with van der Waals surface area (Å²) in [5, 5.41) is 8.07. The van der Waals surface area contributed by atoms with E-state index >= 15 is 0 Å². The highest BCUT2D eigenvalue weighted by atomic mass is 15.1. The van der Waals surface area contributed by atoms with E-state index < -0.39 is 0 Å². The summed E-state index contributed by atoms with van der Waals surface area (Å²) in [5.74, 6) is 0.506. The molecular formula is C16H16N4. The first kappa shape index (κ1) is 11.6. The molecule has 1 aliphatic carbocycles. The zero-order valence-electron chi connectivity index (χ0n) is 11.1. The lowest BCUT2D eigenvalue weighted by Crippen LogP contribution is -2.09. The summed E-state index contributed by atoms with van der Waals surface area (Å²) in [5.41, 5.74) is 12.0. The minimum atomic E-state index is 0.506. The van der Waals surface area contributed by atoms with Crippen LogP contribution in [0.25, 0.3) is 22.2 Å². The van der Waals surface area contributed by atoms with E-state index in [9.17, 15) is 0 Å². The van der Waals surface area contributed by atoms with Gasteiger partial charge in [-0.3, -0.25) is 5.10 Å². The van der Waals surface area contributed by atoms with Gasteiger partial charge in [-0.1, -0.05) is 18.2 Å². The SMILES string of the molecule is NCC1CCc2ccc(-c3ccnc4[nH]ncc34)cc21. The standard InChI is InChI=1S/C16H16N4/c17-8-12-4-2-10-1-3-11(7-14(10)12)13-5-6-18-16-15(13)9-19-20-16/h1,3,5-7,9,12H,2,4,8,17H2,(H,18,19,20). The van der Waals surface area contributed by atoms with Crippen LogP contribution in [0.15, 0.2) is 36.7 Å². The van der Waals surface area contributed by atoms with Crippen LogP contribution in [-0.2, 0) is 6.42 Å². The molecule has 3 aromatic rings. The Morgan fingerprint density at radius 3 is 3.15 bits per heavy atom. The smallest absolute Gasteiger partial charge is 0.155 e. The maximum atomic E-state index is 5.89. The summed E-state index contributed by atoms with van der Waals surface area (Å²) in [6.07, 6.45) is 5.98. The Hall–Kier alpha value is -2.20. The molecule has 1 atom stereocenters. The third-order valence-electron chi connectivity index (χ3n) is 4.30. The van der Waals surface area contributed by atoms with E-state index in [-0.39, 0.29) is 0 Å². The molecule has 20 heavy (non-hydrogen) atoms. The molecule has 1 aliphatic rings. The molecule has 1 aromatic carbocycles. The van der Waals surface area contributed by atoms with Gasteiger partial charge in [-0.05, 0) is 53.6 Å². The number of pyridine rings is 1. The van der Waals surface area contributed by atoms with Crippen LogP contribution in [0.3, 0.4) is 0 Å². The van der Waals surface area contributed by atoms with Gasteiger partial charge in [-0.15, -0.1) is 0 Å². The minimum absolute atomic E-state index is 0.506. The van der Waals surface area contributed by atoms with Crippen molar-refractivity contribution in [2.75, 3.05) is 6.54 Å². The topological polar surface area (TPSA) is 67.6 Å². The van der Waals surface area contributed by atoms with Gasteiger partial charge in [-0.25, -0.2) is 4.98 Å². The van der Waals surface area contributed by atoms with Gasteiger partial charge in [0, 0.05) is 11.6 Å². The first-order valence-corrected chi connectivity index (χ1v) is 6.98. The van der Waals surface area contributed by atoms with Crippen molar-refractivity contribution in [2.24, 2.45) is 5.73 Å². The van der Waals surface area contributed by atoms with Crippen LogP contribution in [-0.4, -0.2) is 21.7 Å². The highest BCUT2D eigenvalue weighted by molar-refractivity contribution is 5.92. The molecule has 0 spiro atoms. The van der Waals surface area contributed by atoms with Crippen molar-refractivity contribution in [3.63, 3.8) is 0 Å². The van der Waals surface area contributed by atoms with Gasteiger partial charge >= 0.3 is 0 Å². The Bertz CT molecular complexity index is 775. The molecule has 0 fully saturated rings. The van der Waals surface area contributed by atoms with Crippen molar-refractivity contribution in [3.05, 3.63) is 47.8 Å². The van der Waals surface area contributed by atoms with Gasteiger partial charge in [0.2, 0.25) is 0 Å². The van der Waals surface area contributed by atoms with Crippen molar-refractivity contribution in [3.8, 4) is 11.1 Å². The molecule has 4 nitrogen and oxygen atoms in total. The second kappa shape index (κ2) is 4.42. The lowest BCUT2D eigenvalue weighted by molar-refractivity contribution is 0.688. The Labute approximate surface area is 117 Å². The fourth-order valence-corrected chi connectivity index (χ4v) is 3.20. The van der Waals surface area contributed by atoms with E-state index in [1.54, 1.807) is 0 Å². The molecule has 0 radical (unpaired) electrons. The van der Waals surface area contributed by atoms with E-state index in [4.69, 9.17) is 5.73 Å². The average Bonchev–Trinajstić information content (AvgIpc) is 3.12. The van der Waals surface area contributed by atoms with Crippen LogP contribution in [0, 0.1) is 0 Å². The zero-order valence-corrected chi connectivity index (χ0v) is 11.1. The molecule has 0 saturated carbocycles. The van der Waals surface area contributed by atoms with Crippen LogP contribution >= 0.6 is 0 Å². The van der Waals surface area contributed by atoms with Crippen molar-refractivity contribution in [1.29, 1.82) is 0 Å². The molecule has 4 rings (SSSR count). The second-order valence-electron chi connectivity index (χ2n) is 5.38.